The smallest absolute Gasteiger partial charge is 0.230 e. The Bertz CT molecular complexity index is 328. The fourth-order valence-corrected chi connectivity index (χ4v) is 2.23. The van der Waals surface area contributed by atoms with Crippen LogP contribution < -0.4 is 5.73 Å². The number of piperidine rings is 1. The summed E-state index contributed by atoms with van der Waals surface area (Å²) >= 11 is 0. The van der Waals surface area contributed by atoms with Gasteiger partial charge in [0.05, 0.1) is 6.54 Å². The fraction of sp³-hybridized carbons (Fsp3) is 0.818. The summed E-state index contributed by atoms with van der Waals surface area (Å²) in [6.07, 6.45) is 2.34. The number of nitrogens with two attached hydrogens (primary N) is 1. The van der Waals surface area contributed by atoms with Crippen LogP contribution in [0.2, 0.25) is 0 Å². The molecule has 5 nitrogen and oxygen atoms in total. The van der Waals surface area contributed by atoms with E-state index in [1.807, 2.05) is 6.92 Å². The summed E-state index contributed by atoms with van der Waals surface area (Å²) in [7, 11) is 0. The number of likely N-dealkylation sites (tertiary alicyclic amines) is 1. The monoisotopic (exact) mass is 224 g/mol. The lowest BCUT2D eigenvalue weighted by Gasteiger charge is -2.32. The standard InChI is InChI=1S/C11H20N4O/c1-8(12)10-3-5-15(6-4-10)7-11-14-13-9(2)16-11/h8,10H,3-7,12H2,1-2H3. The van der Waals surface area contributed by atoms with Crippen LogP contribution in [0.15, 0.2) is 4.42 Å². The first-order chi connectivity index (χ1) is 7.65. The predicted octanol–water partition coefficient (Wildman–Crippen LogP) is 0.937. The van der Waals surface area contributed by atoms with E-state index in [9.17, 15) is 0 Å². The molecule has 1 aromatic heterocycles. The Hall–Kier alpha value is -0.940. The van der Waals surface area contributed by atoms with Crippen molar-refractivity contribution in [3.05, 3.63) is 11.8 Å². The molecule has 1 aromatic rings. The van der Waals surface area contributed by atoms with Crippen molar-refractivity contribution in [3.8, 4) is 0 Å². The third kappa shape index (κ3) is 2.80. The van der Waals surface area contributed by atoms with Crippen LogP contribution in [-0.4, -0.2) is 34.2 Å². The van der Waals surface area contributed by atoms with E-state index in [1.165, 1.54) is 12.8 Å². The number of nitrogens with zero attached hydrogens (tertiary/aromatic N) is 3. The normalized spacial score (nSPS) is 21.2. The molecule has 2 heterocycles. The Kier molecular flexibility index (Phi) is 3.56. The molecule has 1 saturated heterocycles. The molecule has 0 aliphatic carbocycles. The molecule has 1 aliphatic rings. The lowest BCUT2D eigenvalue weighted by molar-refractivity contribution is 0.153. The highest BCUT2D eigenvalue weighted by Crippen LogP contribution is 2.20. The third-order valence-electron chi connectivity index (χ3n) is 3.30. The summed E-state index contributed by atoms with van der Waals surface area (Å²) in [5.74, 6) is 2.03. The maximum absolute atomic E-state index is 5.91. The topological polar surface area (TPSA) is 68.2 Å². The van der Waals surface area contributed by atoms with E-state index in [2.05, 4.69) is 22.0 Å². The molecule has 2 N–H and O–H groups in total. The molecule has 0 aromatic carbocycles. The minimum absolute atomic E-state index is 0.313. The second kappa shape index (κ2) is 4.93. The van der Waals surface area contributed by atoms with Crippen LogP contribution in [0, 0.1) is 12.8 Å². The molecular weight excluding hydrogens is 204 g/mol. The molecule has 0 radical (unpaired) electrons. The average Bonchev–Trinajstić information content (AvgIpc) is 2.65. The third-order valence-corrected chi connectivity index (χ3v) is 3.30. The van der Waals surface area contributed by atoms with Gasteiger partial charge in [-0.2, -0.15) is 0 Å². The van der Waals surface area contributed by atoms with Gasteiger partial charge in [0.15, 0.2) is 0 Å². The largest absolute Gasteiger partial charge is 0.424 e. The van der Waals surface area contributed by atoms with Gasteiger partial charge in [0.25, 0.3) is 0 Å². The fourth-order valence-electron chi connectivity index (χ4n) is 2.23. The molecule has 1 atom stereocenters. The Morgan fingerprint density at radius 1 is 1.44 bits per heavy atom. The van der Waals surface area contributed by atoms with Crippen molar-refractivity contribution >= 4 is 0 Å². The summed E-state index contributed by atoms with van der Waals surface area (Å²) in [5.41, 5.74) is 5.91. The second-order valence-corrected chi connectivity index (χ2v) is 4.69. The molecule has 0 spiro atoms. The first kappa shape index (κ1) is 11.5. The minimum Gasteiger partial charge on any atom is -0.424 e. The summed E-state index contributed by atoms with van der Waals surface area (Å²) in [4.78, 5) is 2.35. The summed E-state index contributed by atoms with van der Waals surface area (Å²) in [6.45, 7) is 6.84. The number of aromatic nitrogens is 2. The zero-order valence-corrected chi connectivity index (χ0v) is 10.0. The number of hydrogen-bond acceptors (Lipinski definition) is 5. The minimum atomic E-state index is 0.313. The SMILES string of the molecule is Cc1nnc(CN2CCC(C(C)N)CC2)o1. The molecule has 5 heteroatoms. The maximum atomic E-state index is 5.91. The van der Waals surface area contributed by atoms with Gasteiger partial charge >= 0.3 is 0 Å². The lowest BCUT2D eigenvalue weighted by atomic mass is 9.91. The van der Waals surface area contributed by atoms with Crippen molar-refractivity contribution in [2.24, 2.45) is 11.7 Å². The van der Waals surface area contributed by atoms with Crippen LogP contribution in [0.1, 0.15) is 31.5 Å². The van der Waals surface area contributed by atoms with Gasteiger partial charge < -0.3 is 10.2 Å². The highest BCUT2D eigenvalue weighted by Gasteiger charge is 2.22. The molecule has 1 aliphatic heterocycles. The van der Waals surface area contributed by atoms with Crippen molar-refractivity contribution in [2.75, 3.05) is 13.1 Å². The Labute approximate surface area is 96.0 Å². The van der Waals surface area contributed by atoms with Crippen LogP contribution in [0.3, 0.4) is 0 Å². The van der Waals surface area contributed by atoms with Crippen LogP contribution >= 0.6 is 0 Å². The van der Waals surface area contributed by atoms with Crippen LogP contribution in [0.5, 0.6) is 0 Å². The van der Waals surface area contributed by atoms with Gasteiger partial charge in [-0.1, -0.05) is 0 Å². The van der Waals surface area contributed by atoms with E-state index in [-0.39, 0.29) is 0 Å². The van der Waals surface area contributed by atoms with E-state index in [1.54, 1.807) is 0 Å². The molecule has 16 heavy (non-hydrogen) atoms. The molecule has 1 fully saturated rings. The summed E-state index contributed by atoms with van der Waals surface area (Å²) in [5, 5.41) is 7.84. The summed E-state index contributed by atoms with van der Waals surface area (Å²) in [6, 6.07) is 0.313. The molecular formula is C11H20N4O. The van der Waals surface area contributed by atoms with Gasteiger partial charge in [0.1, 0.15) is 0 Å². The van der Waals surface area contributed by atoms with E-state index in [4.69, 9.17) is 10.2 Å². The van der Waals surface area contributed by atoms with E-state index in [0.717, 1.165) is 25.5 Å². The van der Waals surface area contributed by atoms with Gasteiger partial charge in [-0.25, -0.2) is 0 Å². The molecule has 90 valence electrons. The van der Waals surface area contributed by atoms with E-state index in [0.29, 0.717) is 17.9 Å². The van der Waals surface area contributed by atoms with Crippen LogP contribution in [-0.2, 0) is 6.54 Å². The highest BCUT2D eigenvalue weighted by atomic mass is 16.4. The van der Waals surface area contributed by atoms with Crippen molar-refractivity contribution in [3.63, 3.8) is 0 Å². The second-order valence-electron chi connectivity index (χ2n) is 4.69. The van der Waals surface area contributed by atoms with Gasteiger partial charge in [0, 0.05) is 13.0 Å². The van der Waals surface area contributed by atoms with Crippen molar-refractivity contribution in [2.45, 2.75) is 39.3 Å². The van der Waals surface area contributed by atoms with Gasteiger partial charge in [-0.15, -0.1) is 10.2 Å². The van der Waals surface area contributed by atoms with Gasteiger partial charge in [0.2, 0.25) is 11.8 Å². The molecule has 0 amide bonds. The Morgan fingerprint density at radius 2 is 2.12 bits per heavy atom. The highest BCUT2D eigenvalue weighted by molar-refractivity contribution is 4.83. The first-order valence-electron chi connectivity index (χ1n) is 5.92. The zero-order valence-electron chi connectivity index (χ0n) is 10.0. The van der Waals surface area contributed by atoms with Crippen LogP contribution in [0.4, 0.5) is 0 Å². The Balaban J connectivity index is 1.81. The van der Waals surface area contributed by atoms with Crippen molar-refractivity contribution in [1.82, 2.24) is 15.1 Å². The maximum Gasteiger partial charge on any atom is 0.230 e. The van der Waals surface area contributed by atoms with Crippen molar-refractivity contribution < 1.29 is 4.42 Å². The van der Waals surface area contributed by atoms with E-state index >= 15 is 0 Å². The molecule has 0 saturated carbocycles. The first-order valence-corrected chi connectivity index (χ1v) is 5.92. The van der Waals surface area contributed by atoms with Crippen molar-refractivity contribution in [1.29, 1.82) is 0 Å². The predicted molar refractivity (Wildman–Crippen MR) is 60.7 cm³/mol. The quantitative estimate of drug-likeness (QED) is 0.827. The molecule has 2 rings (SSSR count). The van der Waals surface area contributed by atoms with E-state index < -0.39 is 0 Å². The lowest BCUT2D eigenvalue weighted by Crippen LogP contribution is -2.39. The van der Waals surface area contributed by atoms with Crippen LogP contribution in [0.25, 0.3) is 0 Å². The number of aryl methyl sites for hydroxylation is 1. The Morgan fingerprint density at radius 3 is 2.62 bits per heavy atom. The van der Waals surface area contributed by atoms with Gasteiger partial charge in [-0.3, -0.25) is 4.90 Å². The number of rotatable bonds is 3. The molecule has 1 unspecified atom stereocenters. The average molecular weight is 224 g/mol. The zero-order chi connectivity index (χ0) is 11.5. The number of hydrogen-bond donors (Lipinski definition) is 1. The summed E-state index contributed by atoms with van der Waals surface area (Å²) < 4.78 is 5.37. The van der Waals surface area contributed by atoms with Gasteiger partial charge in [-0.05, 0) is 38.8 Å². The molecule has 0 bridgehead atoms.